The molecule has 0 aromatic carbocycles. The minimum Gasteiger partial charge on any atom is -0.393 e. The van der Waals surface area contributed by atoms with E-state index >= 15 is 0 Å². The lowest BCUT2D eigenvalue weighted by Gasteiger charge is -2.33. The van der Waals surface area contributed by atoms with Crippen molar-refractivity contribution in [3.8, 4) is 0 Å². The van der Waals surface area contributed by atoms with E-state index in [-0.39, 0.29) is 6.10 Å². The van der Waals surface area contributed by atoms with Crippen molar-refractivity contribution >= 4 is 0 Å². The molecule has 12 heavy (non-hydrogen) atoms. The minimum atomic E-state index is -0.400. The first kappa shape index (κ1) is 9.92. The van der Waals surface area contributed by atoms with Crippen molar-refractivity contribution in [2.45, 2.75) is 25.2 Å². The van der Waals surface area contributed by atoms with Gasteiger partial charge in [-0.15, -0.1) is 0 Å². The van der Waals surface area contributed by atoms with Crippen molar-refractivity contribution in [1.82, 2.24) is 10.2 Å². The van der Waals surface area contributed by atoms with Crippen molar-refractivity contribution in [1.29, 1.82) is 0 Å². The molecule has 1 unspecified atom stereocenters. The van der Waals surface area contributed by atoms with E-state index in [1.165, 1.54) is 0 Å². The van der Waals surface area contributed by atoms with Crippen molar-refractivity contribution in [2.75, 3.05) is 26.7 Å². The lowest BCUT2D eigenvalue weighted by Crippen LogP contribution is -2.46. The summed E-state index contributed by atoms with van der Waals surface area (Å²) in [5.41, 5.74) is 0. The first-order chi connectivity index (χ1) is 5.74. The smallest absolute Gasteiger partial charge is 0.119 e. The predicted octanol–water partition coefficient (Wildman–Crippen LogP) is -1.02. The van der Waals surface area contributed by atoms with E-state index in [1.54, 1.807) is 0 Å². The Balaban J connectivity index is 2.24. The molecule has 0 saturated carbocycles. The van der Waals surface area contributed by atoms with Crippen LogP contribution in [0.5, 0.6) is 0 Å². The Hall–Kier alpha value is -0.160. The standard InChI is InChI=1S/C8H18N2O2/c1-9-6-8(12)10-4-2-7(11)3-5-10/h7-9,11-12H,2-6H2,1H3. The van der Waals surface area contributed by atoms with E-state index in [1.807, 2.05) is 11.9 Å². The van der Waals surface area contributed by atoms with Crippen LogP contribution in [0, 0.1) is 0 Å². The molecule has 1 saturated heterocycles. The van der Waals surface area contributed by atoms with Gasteiger partial charge in [-0.1, -0.05) is 0 Å². The number of likely N-dealkylation sites (N-methyl/N-ethyl adjacent to an activating group) is 1. The van der Waals surface area contributed by atoms with Crippen molar-refractivity contribution in [3.63, 3.8) is 0 Å². The Kier molecular flexibility index (Phi) is 3.94. The normalized spacial score (nSPS) is 24.2. The molecule has 1 atom stereocenters. The third kappa shape index (κ3) is 2.71. The molecule has 0 spiro atoms. The molecule has 3 N–H and O–H groups in total. The van der Waals surface area contributed by atoms with Crippen LogP contribution >= 0.6 is 0 Å². The van der Waals surface area contributed by atoms with E-state index in [2.05, 4.69) is 5.32 Å². The summed E-state index contributed by atoms with van der Waals surface area (Å²) in [6.45, 7) is 2.18. The van der Waals surface area contributed by atoms with Crippen LogP contribution in [0.25, 0.3) is 0 Å². The maximum Gasteiger partial charge on any atom is 0.119 e. The van der Waals surface area contributed by atoms with Gasteiger partial charge in [-0.3, -0.25) is 4.90 Å². The summed E-state index contributed by atoms with van der Waals surface area (Å²) in [7, 11) is 1.82. The predicted molar refractivity (Wildman–Crippen MR) is 46.7 cm³/mol. The zero-order chi connectivity index (χ0) is 8.97. The van der Waals surface area contributed by atoms with Crippen molar-refractivity contribution < 1.29 is 10.2 Å². The lowest BCUT2D eigenvalue weighted by molar-refractivity contribution is -0.0301. The number of hydrogen-bond acceptors (Lipinski definition) is 4. The lowest BCUT2D eigenvalue weighted by atomic mass is 10.1. The Morgan fingerprint density at radius 2 is 2.08 bits per heavy atom. The fraction of sp³-hybridized carbons (Fsp3) is 1.00. The average molecular weight is 174 g/mol. The van der Waals surface area contributed by atoms with E-state index < -0.39 is 6.23 Å². The SMILES string of the molecule is CNCC(O)N1CCC(O)CC1. The van der Waals surface area contributed by atoms with Crippen LogP contribution in [-0.2, 0) is 0 Å². The van der Waals surface area contributed by atoms with E-state index in [0.29, 0.717) is 6.54 Å². The van der Waals surface area contributed by atoms with Gasteiger partial charge in [0.05, 0.1) is 6.10 Å². The zero-order valence-corrected chi connectivity index (χ0v) is 7.53. The quantitative estimate of drug-likeness (QED) is 0.513. The van der Waals surface area contributed by atoms with Crippen LogP contribution in [0.15, 0.2) is 0 Å². The maximum absolute atomic E-state index is 9.54. The first-order valence-corrected chi connectivity index (χ1v) is 4.49. The summed E-state index contributed by atoms with van der Waals surface area (Å²) >= 11 is 0. The van der Waals surface area contributed by atoms with Crippen LogP contribution in [0.1, 0.15) is 12.8 Å². The summed E-state index contributed by atoms with van der Waals surface area (Å²) in [5, 5.41) is 21.7. The highest BCUT2D eigenvalue weighted by atomic mass is 16.3. The number of aliphatic hydroxyl groups is 2. The number of aliphatic hydroxyl groups excluding tert-OH is 2. The van der Waals surface area contributed by atoms with Gasteiger partial charge in [0.15, 0.2) is 0 Å². The summed E-state index contributed by atoms with van der Waals surface area (Å²) in [4.78, 5) is 1.99. The topological polar surface area (TPSA) is 55.7 Å². The fourth-order valence-electron chi connectivity index (χ4n) is 1.50. The van der Waals surface area contributed by atoms with Gasteiger partial charge >= 0.3 is 0 Å². The van der Waals surface area contributed by atoms with Gasteiger partial charge in [-0.2, -0.15) is 0 Å². The molecule has 1 aliphatic rings. The molecule has 1 heterocycles. The largest absolute Gasteiger partial charge is 0.393 e. The molecule has 0 aliphatic carbocycles. The summed E-state index contributed by atoms with van der Waals surface area (Å²) < 4.78 is 0. The molecule has 72 valence electrons. The van der Waals surface area contributed by atoms with Crippen LogP contribution < -0.4 is 5.32 Å². The second-order valence-corrected chi connectivity index (χ2v) is 3.31. The van der Waals surface area contributed by atoms with E-state index in [9.17, 15) is 10.2 Å². The number of nitrogens with zero attached hydrogens (tertiary/aromatic N) is 1. The molecule has 0 bridgehead atoms. The highest BCUT2D eigenvalue weighted by Crippen LogP contribution is 2.11. The molecule has 0 aromatic rings. The Morgan fingerprint density at radius 3 is 2.58 bits per heavy atom. The molecule has 1 rings (SSSR count). The fourth-order valence-corrected chi connectivity index (χ4v) is 1.50. The number of likely N-dealkylation sites (tertiary alicyclic amines) is 1. The van der Waals surface area contributed by atoms with Crippen LogP contribution in [-0.4, -0.2) is 54.1 Å². The second-order valence-electron chi connectivity index (χ2n) is 3.31. The van der Waals surface area contributed by atoms with Gasteiger partial charge in [0.1, 0.15) is 6.23 Å². The van der Waals surface area contributed by atoms with Gasteiger partial charge in [0.2, 0.25) is 0 Å². The molecule has 0 aromatic heterocycles. The zero-order valence-electron chi connectivity index (χ0n) is 7.53. The molecule has 1 aliphatic heterocycles. The minimum absolute atomic E-state index is 0.164. The van der Waals surface area contributed by atoms with Gasteiger partial charge in [0, 0.05) is 19.6 Å². The Labute approximate surface area is 73.2 Å². The van der Waals surface area contributed by atoms with E-state index in [0.717, 1.165) is 25.9 Å². The van der Waals surface area contributed by atoms with Crippen LogP contribution in [0.3, 0.4) is 0 Å². The highest BCUT2D eigenvalue weighted by Gasteiger charge is 2.21. The number of hydrogen-bond donors (Lipinski definition) is 3. The summed E-state index contributed by atoms with van der Waals surface area (Å²) in [6.07, 6.45) is 0.993. The number of rotatable bonds is 3. The van der Waals surface area contributed by atoms with Crippen molar-refractivity contribution in [3.05, 3.63) is 0 Å². The molecule has 4 heteroatoms. The Morgan fingerprint density at radius 1 is 1.50 bits per heavy atom. The van der Waals surface area contributed by atoms with E-state index in [4.69, 9.17) is 0 Å². The molecular weight excluding hydrogens is 156 g/mol. The molecule has 0 radical (unpaired) electrons. The van der Waals surface area contributed by atoms with Gasteiger partial charge in [0.25, 0.3) is 0 Å². The Bertz CT molecular complexity index is 124. The van der Waals surface area contributed by atoms with Gasteiger partial charge in [-0.05, 0) is 19.9 Å². The molecule has 0 amide bonds. The molecule has 4 nitrogen and oxygen atoms in total. The average Bonchev–Trinajstić information content (AvgIpc) is 2.06. The van der Waals surface area contributed by atoms with Crippen LogP contribution in [0.2, 0.25) is 0 Å². The molecule has 1 fully saturated rings. The number of piperidine rings is 1. The highest BCUT2D eigenvalue weighted by molar-refractivity contribution is 4.73. The third-order valence-electron chi connectivity index (χ3n) is 2.31. The van der Waals surface area contributed by atoms with Crippen LogP contribution in [0.4, 0.5) is 0 Å². The summed E-state index contributed by atoms with van der Waals surface area (Å²) in [6, 6.07) is 0. The van der Waals surface area contributed by atoms with Gasteiger partial charge < -0.3 is 15.5 Å². The van der Waals surface area contributed by atoms with Gasteiger partial charge in [-0.25, -0.2) is 0 Å². The second kappa shape index (κ2) is 4.77. The third-order valence-corrected chi connectivity index (χ3v) is 2.31. The summed E-state index contributed by atoms with van der Waals surface area (Å²) in [5.74, 6) is 0. The maximum atomic E-state index is 9.54. The van der Waals surface area contributed by atoms with Crippen molar-refractivity contribution in [2.24, 2.45) is 0 Å². The number of nitrogens with one attached hydrogen (secondary N) is 1. The monoisotopic (exact) mass is 174 g/mol. The molecular formula is C8H18N2O2. The first-order valence-electron chi connectivity index (χ1n) is 4.49.